The van der Waals surface area contributed by atoms with Crippen LogP contribution in [0.15, 0.2) is 11.6 Å². The van der Waals surface area contributed by atoms with Gasteiger partial charge < -0.3 is 9.64 Å². The van der Waals surface area contributed by atoms with E-state index in [4.69, 9.17) is 4.74 Å². The van der Waals surface area contributed by atoms with Gasteiger partial charge in [-0.05, 0) is 20.3 Å². The SMILES string of the molecule is C/C=C(\C)CCC(=O)N1CCOCC1. The van der Waals surface area contributed by atoms with Crippen molar-refractivity contribution in [2.45, 2.75) is 26.7 Å². The minimum Gasteiger partial charge on any atom is -0.378 e. The van der Waals surface area contributed by atoms with Crippen LogP contribution in [0.3, 0.4) is 0 Å². The lowest BCUT2D eigenvalue weighted by Crippen LogP contribution is -2.40. The van der Waals surface area contributed by atoms with Crippen LogP contribution in [0.5, 0.6) is 0 Å². The summed E-state index contributed by atoms with van der Waals surface area (Å²) in [4.78, 5) is 13.6. The van der Waals surface area contributed by atoms with Crippen molar-refractivity contribution in [3.05, 3.63) is 11.6 Å². The zero-order valence-electron chi connectivity index (χ0n) is 9.08. The predicted octanol–water partition coefficient (Wildman–Crippen LogP) is 1.59. The molecule has 1 heterocycles. The number of hydrogen-bond donors (Lipinski definition) is 0. The molecule has 0 spiro atoms. The minimum atomic E-state index is 0.259. The Morgan fingerprint density at radius 1 is 1.36 bits per heavy atom. The van der Waals surface area contributed by atoms with Crippen molar-refractivity contribution in [2.24, 2.45) is 0 Å². The van der Waals surface area contributed by atoms with Crippen LogP contribution in [0.2, 0.25) is 0 Å². The molecule has 0 saturated carbocycles. The second kappa shape index (κ2) is 5.81. The molecule has 1 aliphatic rings. The van der Waals surface area contributed by atoms with Gasteiger partial charge in [-0.3, -0.25) is 4.79 Å². The first-order valence-corrected chi connectivity index (χ1v) is 5.21. The van der Waals surface area contributed by atoms with E-state index in [1.807, 2.05) is 11.8 Å². The fourth-order valence-corrected chi connectivity index (χ4v) is 1.42. The highest BCUT2D eigenvalue weighted by molar-refractivity contribution is 5.76. The van der Waals surface area contributed by atoms with Crippen molar-refractivity contribution >= 4 is 5.91 Å². The third kappa shape index (κ3) is 3.50. The third-order valence-corrected chi connectivity index (χ3v) is 2.59. The molecule has 0 radical (unpaired) electrons. The van der Waals surface area contributed by atoms with E-state index >= 15 is 0 Å². The van der Waals surface area contributed by atoms with Gasteiger partial charge in [-0.1, -0.05) is 11.6 Å². The van der Waals surface area contributed by atoms with Crippen LogP contribution in [0.25, 0.3) is 0 Å². The van der Waals surface area contributed by atoms with Crippen LogP contribution in [-0.4, -0.2) is 37.1 Å². The fourth-order valence-electron chi connectivity index (χ4n) is 1.42. The molecule has 0 aromatic rings. The van der Waals surface area contributed by atoms with Gasteiger partial charge in [-0.25, -0.2) is 0 Å². The number of rotatable bonds is 3. The van der Waals surface area contributed by atoms with Gasteiger partial charge in [0.05, 0.1) is 13.2 Å². The molecule has 1 saturated heterocycles. The molecule has 14 heavy (non-hydrogen) atoms. The number of carbonyl (C=O) groups is 1. The summed E-state index contributed by atoms with van der Waals surface area (Å²) >= 11 is 0. The Bertz CT molecular complexity index is 217. The van der Waals surface area contributed by atoms with Crippen LogP contribution in [0.1, 0.15) is 26.7 Å². The summed E-state index contributed by atoms with van der Waals surface area (Å²) < 4.78 is 5.19. The van der Waals surface area contributed by atoms with E-state index in [1.165, 1.54) is 5.57 Å². The number of carbonyl (C=O) groups excluding carboxylic acids is 1. The van der Waals surface area contributed by atoms with Crippen molar-refractivity contribution in [1.82, 2.24) is 4.90 Å². The highest BCUT2D eigenvalue weighted by Gasteiger charge is 2.15. The summed E-state index contributed by atoms with van der Waals surface area (Å²) in [5.41, 5.74) is 1.28. The van der Waals surface area contributed by atoms with E-state index in [1.54, 1.807) is 0 Å². The first-order chi connectivity index (χ1) is 6.74. The summed E-state index contributed by atoms with van der Waals surface area (Å²) in [6.07, 6.45) is 3.58. The van der Waals surface area contributed by atoms with E-state index in [0.717, 1.165) is 19.5 Å². The maximum atomic E-state index is 11.7. The van der Waals surface area contributed by atoms with E-state index in [-0.39, 0.29) is 5.91 Å². The largest absolute Gasteiger partial charge is 0.378 e. The molecular formula is C11H19NO2. The van der Waals surface area contributed by atoms with Gasteiger partial charge in [0.15, 0.2) is 0 Å². The Morgan fingerprint density at radius 3 is 2.57 bits per heavy atom. The number of hydrogen-bond acceptors (Lipinski definition) is 2. The van der Waals surface area contributed by atoms with Crippen LogP contribution in [0.4, 0.5) is 0 Å². The van der Waals surface area contributed by atoms with Gasteiger partial charge in [-0.15, -0.1) is 0 Å². The lowest BCUT2D eigenvalue weighted by Gasteiger charge is -2.26. The molecule has 1 amide bonds. The maximum absolute atomic E-state index is 11.7. The molecule has 0 N–H and O–H groups in total. The standard InChI is InChI=1S/C11H19NO2/c1-3-10(2)4-5-11(13)12-6-8-14-9-7-12/h3H,4-9H2,1-2H3/b10-3+. The number of ether oxygens (including phenoxy) is 1. The van der Waals surface area contributed by atoms with Gasteiger partial charge in [-0.2, -0.15) is 0 Å². The highest BCUT2D eigenvalue weighted by Crippen LogP contribution is 2.07. The molecule has 0 aromatic heterocycles. The van der Waals surface area contributed by atoms with E-state index in [9.17, 15) is 4.79 Å². The Morgan fingerprint density at radius 2 is 2.00 bits per heavy atom. The van der Waals surface area contributed by atoms with Crippen molar-refractivity contribution < 1.29 is 9.53 Å². The average Bonchev–Trinajstić information content (AvgIpc) is 2.26. The van der Waals surface area contributed by atoms with Gasteiger partial charge in [0, 0.05) is 19.5 Å². The first-order valence-electron chi connectivity index (χ1n) is 5.21. The predicted molar refractivity (Wildman–Crippen MR) is 56.1 cm³/mol. The molecule has 0 aromatic carbocycles. The Balaban J connectivity index is 2.26. The van der Waals surface area contributed by atoms with E-state index in [0.29, 0.717) is 19.6 Å². The van der Waals surface area contributed by atoms with Crippen molar-refractivity contribution in [2.75, 3.05) is 26.3 Å². The van der Waals surface area contributed by atoms with Gasteiger partial charge in [0.2, 0.25) is 5.91 Å². The molecule has 0 aliphatic carbocycles. The van der Waals surface area contributed by atoms with E-state index < -0.39 is 0 Å². The lowest BCUT2D eigenvalue weighted by molar-refractivity contribution is -0.135. The van der Waals surface area contributed by atoms with Crippen molar-refractivity contribution in [1.29, 1.82) is 0 Å². The molecule has 80 valence electrons. The topological polar surface area (TPSA) is 29.5 Å². The molecule has 1 fully saturated rings. The molecule has 0 unspecified atom stereocenters. The van der Waals surface area contributed by atoms with Crippen molar-refractivity contribution in [3.63, 3.8) is 0 Å². The van der Waals surface area contributed by atoms with Crippen LogP contribution in [-0.2, 0) is 9.53 Å². The smallest absolute Gasteiger partial charge is 0.223 e. The van der Waals surface area contributed by atoms with Crippen molar-refractivity contribution in [3.8, 4) is 0 Å². The fraction of sp³-hybridized carbons (Fsp3) is 0.727. The van der Waals surface area contributed by atoms with Gasteiger partial charge in [0.1, 0.15) is 0 Å². The Hall–Kier alpha value is -0.830. The number of morpholine rings is 1. The third-order valence-electron chi connectivity index (χ3n) is 2.59. The maximum Gasteiger partial charge on any atom is 0.223 e. The molecule has 1 aliphatic heterocycles. The van der Waals surface area contributed by atoms with Gasteiger partial charge in [0.25, 0.3) is 0 Å². The molecule has 0 bridgehead atoms. The second-order valence-corrected chi connectivity index (χ2v) is 3.63. The zero-order valence-corrected chi connectivity index (χ0v) is 9.08. The molecular weight excluding hydrogens is 178 g/mol. The summed E-state index contributed by atoms with van der Waals surface area (Å²) in [7, 11) is 0. The molecule has 3 heteroatoms. The van der Waals surface area contributed by atoms with Crippen LogP contribution >= 0.6 is 0 Å². The summed E-state index contributed by atoms with van der Waals surface area (Å²) in [5.74, 6) is 0.259. The minimum absolute atomic E-state index is 0.259. The summed E-state index contributed by atoms with van der Waals surface area (Å²) in [6, 6.07) is 0. The second-order valence-electron chi connectivity index (χ2n) is 3.63. The molecule has 0 atom stereocenters. The monoisotopic (exact) mass is 197 g/mol. The highest BCUT2D eigenvalue weighted by atomic mass is 16.5. The number of allylic oxidation sites excluding steroid dienone is 2. The first kappa shape index (κ1) is 11.2. The summed E-state index contributed by atoms with van der Waals surface area (Å²) in [5, 5.41) is 0. The zero-order chi connectivity index (χ0) is 10.4. The van der Waals surface area contributed by atoms with Crippen LogP contribution < -0.4 is 0 Å². The Kier molecular flexibility index (Phi) is 4.66. The average molecular weight is 197 g/mol. The van der Waals surface area contributed by atoms with E-state index in [2.05, 4.69) is 13.0 Å². The number of amides is 1. The molecule has 3 nitrogen and oxygen atoms in total. The van der Waals surface area contributed by atoms with Crippen LogP contribution in [0, 0.1) is 0 Å². The van der Waals surface area contributed by atoms with Gasteiger partial charge >= 0.3 is 0 Å². The normalized spacial score (nSPS) is 18.4. The quantitative estimate of drug-likeness (QED) is 0.643. The Labute approximate surface area is 85.7 Å². The number of nitrogens with zero attached hydrogens (tertiary/aromatic N) is 1. The summed E-state index contributed by atoms with van der Waals surface area (Å²) in [6.45, 7) is 6.96. The molecule has 1 rings (SSSR count). The lowest BCUT2D eigenvalue weighted by atomic mass is 10.1.